The molecule has 4 aromatic rings. The Morgan fingerprint density at radius 1 is 0.839 bits per heavy atom. The van der Waals surface area contributed by atoms with Gasteiger partial charge in [-0.15, -0.1) is 0 Å². The van der Waals surface area contributed by atoms with Crippen molar-refractivity contribution in [3.05, 3.63) is 96.4 Å². The van der Waals surface area contributed by atoms with Crippen LogP contribution in [0.4, 0.5) is 18.9 Å². The molecule has 0 aliphatic carbocycles. The fourth-order valence-electron chi connectivity index (χ4n) is 2.95. The van der Waals surface area contributed by atoms with Crippen molar-refractivity contribution in [3.63, 3.8) is 0 Å². The van der Waals surface area contributed by atoms with Gasteiger partial charge in [-0.3, -0.25) is 9.78 Å². The maximum Gasteiger partial charge on any atom is 0.416 e. The summed E-state index contributed by atoms with van der Waals surface area (Å²) < 4.78 is 38.3. The van der Waals surface area contributed by atoms with Crippen molar-refractivity contribution in [1.82, 2.24) is 15.0 Å². The number of halogens is 3. The van der Waals surface area contributed by atoms with Crippen LogP contribution in [0.1, 0.15) is 15.9 Å². The molecule has 4 rings (SSSR count). The lowest BCUT2D eigenvalue weighted by Gasteiger charge is -2.12. The van der Waals surface area contributed by atoms with Crippen LogP contribution < -0.4 is 5.32 Å². The molecule has 31 heavy (non-hydrogen) atoms. The number of hydrogen-bond donors (Lipinski definition) is 1. The van der Waals surface area contributed by atoms with E-state index in [0.717, 1.165) is 17.7 Å². The number of carbonyl (C=O) groups excluding carboxylic acids is 1. The summed E-state index contributed by atoms with van der Waals surface area (Å²) in [6.45, 7) is 0. The zero-order valence-electron chi connectivity index (χ0n) is 16.0. The molecule has 0 aliphatic rings. The minimum absolute atomic E-state index is 0.186. The van der Waals surface area contributed by atoms with Gasteiger partial charge in [-0.1, -0.05) is 30.3 Å². The first-order chi connectivity index (χ1) is 14.9. The van der Waals surface area contributed by atoms with Gasteiger partial charge in [-0.2, -0.15) is 13.2 Å². The Balaban J connectivity index is 1.69. The van der Waals surface area contributed by atoms with Crippen LogP contribution in [0.25, 0.3) is 22.6 Å². The maximum atomic E-state index is 12.9. The van der Waals surface area contributed by atoms with Gasteiger partial charge >= 0.3 is 6.18 Å². The van der Waals surface area contributed by atoms with E-state index in [4.69, 9.17) is 0 Å². The average molecular weight is 420 g/mol. The highest BCUT2D eigenvalue weighted by Crippen LogP contribution is 2.30. The molecular formula is C23H15F3N4O. The molecule has 1 N–H and O–H groups in total. The summed E-state index contributed by atoms with van der Waals surface area (Å²) in [5.74, 6) is -0.0929. The first-order valence-electron chi connectivity index (χ1n) is 9.23. The number of nitrogens with zero attached hydrogens (tertiary/aromatic N) is 3. The summed E-state index contributed by atoms with van der Waals surface area (Å²) in [5.41, 5.74) is 1.45. The molecule has 0 spiro atoms. The van der Waals surface area contributed by atoms with E-state index in [1.165, 1.54) is 18.3 Å². The van der Waals surface area contributed by atoms with Crippen LogP contribution in [0.15, 0.2) is 85.3 Å². The highest BCUT2D eigenvalue weighted by atomic mass is 19.4. The maximum absolute atomic E-state index is 12.9. The number of nitrogens with one attached hydrogen (secondary N) is 1. The molecule has 0 unspecified atom stereocenters. The van der Waals surface area contributed by atoms with Crippen LogP contribution in [0, 0.1) is 0 Å². The van der Waals surface area contributed by atoms with Gasteiger partial charge in [0.25, 0.3) is 5.91 Å². The smallest absolute Gasteiger partial charge is 0.322 e. The largest absolute Gasteiger partial charge is 0.416 e. The van der Waals surface area contributed by atoms with Crippen molar-refractivity contribution in [2.45, 2.75) is 6.18 Å². The first kappa shape index (κ1) is 20.2. The zero-order chi connectivity index (χ0) is 21.8. The second kappa shape index (κ2) is 8.35. The highest BCUT2D eigenvalue weighted by Gasteiger charge is 2.30. The lowest BCUT2D eigenvalue weighted by molar-refractivity contribution is -0.137. The van der Waals surface area contributed by atoms with Gasteiger partial charge in [-0.05, 0) is 36.4 Å². The molecule has 0 fully saturated rings. The Morgan fingerprint density at radius 2 is 1.52 bits per heavy atom. The summed E-state index contributed by atoms with van der Waals surface area (Å²) in [7, 11) is 0. The van der Waals surface area contributed by atoms with Crippen LogP contribution in [0.3, 0.4) is 0 Å². The van der Waals surface area contributed by atoms with E-state index in [-0.39, 0.29) is 11.3 Å². The van der Waals surface area contributed by atoms with Gasteiger partial charge in [0, 0.05) is 35.4 Å². The monoisotopic (exact) mass is 420 g/mol. The summed E-state index contributed by atoms with van der Waals surface area (Å²) in [4.78, 5) is 25.8. The standard InChI is InChI=1S/C23H15F3N4O/c24-23(25,26)17-6-8-18(9-7-17)29-22(31)19-14-28-21(16-4-2-1-3-5-16)30-20(19)15-10-12-27-13-11-15/h1-14H,(H,29,31). The van der Waals surface area contributed by atoms with Gasteiger partial charge in [0.15, 0.2) is 5.82 Å². The molecule has 5 nitrogen and oxygen atoms in total. The third-order valence-corrected chi connectivity index (χ3v) is 4.49. The van der Waals surface area contributed by atoms with Gasteiger partial charge in [-0.25, -0.2) is 9.97 Å². The summed E-state index contributed by atoms with van der Waals surface area (Å²) in [6, 6.07) is 16.9. The van der Waals surface area contributed by atoms with Crippen LogP contribution in [-0.2, 0) is 6.18 Å². The van der Waals surface area contributed by atoms with Gasteiger partial charge < -0.3 is 5.32 Å². The third-order valence-electron chi connectivity index (χ3n) is 4.49. The molecule has 2 aromatic carbocycles. The van der Waals surface area contributed by atoms with E-state index in [0.29, 0.717) is 17.1 Å². The molecule has 0 atom stereocenters. The third kappa shape index (κ3) is 4.58. The minimum Gasteiger partial charge on any atom is -0.322 e. The summed E-state index contributed by atoms with van der Waals surface area (Å²) in [6.07, 6.45) is 0.122. The van der Waals surface area contributed by atoms with Gasteiger partial charge in [0.05, 0.1) is 16.8 Å². The number of amides is 1. The molecule has 8 heteroatoms. The van der Waals surface area contributed by atoms with E-state index >= 15 is 0 Å². The van der Waals surface area contributed by atoms with Crippen molar-refractivity contribution in [3.8, 4) is 22.6 Å². The fourth-order valence-corrected chi connectivity index (χ4v) is 2.95. The van der Waals surface area contributed by atoms with Crippen LogP contribution in [0.2, 0.25) is 0 Å². The predicted molar refractivity (Wildman–Crippen MR) is 110 cm³/mol. The Bertz CT molecular complexity index is 1200. The van der Waals surface area contributed by atoms with E-state index in [1.807, 2.05) is 30.3 Å². The number of rotatable bonds is 4. The normalized spacial score (nSPS) is 11.2. The number of carbonyl (C=O) groups is 1. The van der Waals surface area contributed by atoms with Crippen molar-refractivity contribution < 1.29 is 18.0 Å². The summed E-state index contributed by atoms with van der Waals surface area (Å²) >= 11 is 0. The second-order valence-corrected chi connectivity index (χ2v) is 6.59. The Kier molecular flexibility index (Phi) is 5.44. The Hall–Kier alpha value is -4.07. The molecule has 0 radical (unpaired) electrons. The van der Waals surface area contributed by atoms with Crippen molar-refractivity contribution in [1.29, 1.82) is 0 Å². The van der Waals surface area contributed by atoms with Gasteiger partial charge in [0.2, 0.25) is 0 Å². The number of aromatic nitrogens is 3. The molecule has 0 bridgehead atoms. The lowest BCUT2D eigenvalue weighted by Crippen LogP contribution is -2.15. The Labute approximate surface area is 175 Å². The van der Waals surface area contributed by atoms with Crippen LogP contribution >= 0.6 is 0 Å². The summed E-state index contributed by atoms with van der Waals surface area (Å²) in [5, 5.41) is 2.60. The van der Waals surface area contributed by atoms with Crippen molar-refractivity contribution in [2.75, 3.05) is 5.32 Å². The van der Waals surface area contributed by atoms with Crippen molar-refractivity contribution >= 4 is 11.6 Å². The van der Waals surface area contributed by atoms with E-state index in [2.05, 4.69) is 20.3 Å². The molecule has 2 heterocycles. The number of hydrogen-bond acceptors (Lipinski definition) is 4. The molecule has 2 aromatic heterocycles. The molecular weight excluding hydrogens is 405 g/mol. The van der Waals surface area contributed by atoms with E-state index < -0.39 is 17.6 Å². The molecule has 154 valence electrons. The topological polar surface area (TPSA) is 67.8 Å². The van der Waals surface area contributed by atoms with Crippen molar-refractivity contribution in [2.24, 2.45) is 0 Å². The van der Waals surface area contributed by atoms with Crippen LogP contribution in [-0.4, -0.2) is 20.9 Å². The fraction of sp³-hybridized carbons (Fsp3) is 0.0435. The second-order valence-electron chi connectivity index (χ2n) is 6.59. The number of benzene rings is 2. The SMILES string of the molecule is O=C(Nc1ccc(C(F)(F)F)cc1)c1cnc(-c2ccccc2)nc1-c1ccncc1. The molecule has 0 aliphatic heterocycles. The number of anilines is 1. The quantitative estimate of drug-likeness (QED) is 0.475. The molecule has 0 saturated heterocycles. The minimum atomic E-state index is -4.45. The number of pyridine rings is 1. The highest BCUT2D eigenvalue weighted by molar-refractivity contribution is 6.08. The van der Waals surface area contributed by atoms with E-state index in [9.17, 15) is 18.0 Å². The lowest BCUT2D eigenvalue weighted by atomic mass is 10.1. The Morgan fingerprint density at radius 3 is 2.16 bits per heavy atom. The first-order valence-corrected chi connectivity index (χ1v) is 9.23. The van der Waals surface area contributed by atoms with Gasteiger partial charge in [0.1, 0.15) is 0 Å². The average Bonchev–Trinajstić information content (AvgIpc) is 2.79. The zero-order valence-corrected chi connectivity index (χ0v) is 16.0. The van der Waals surface area contributed by atoms with Crippen LogP contribution in [0.5, 0.6) is 0 Å². The predicted octanol–water partition coefficient (Wildman–Crippen LogP) is 5.48. The molecule has 0 saturated carbocycles. The number of alkyl halides is 3. The molecule has 1 amide bonds. The van der Waals surface area contributed by atoms with E-state index in [1.54, 1.807) is 24.5 Å².